The van der Waals surface area contributed by atoms with E-state index >= 15 is 0 Å². The number of ether oxygens (including phenoxy) is 1. The zero-order valence-corrected chi connectivity index (χ0v) is 16.0. The average molecular weight is 464 g/mol. The van der Waals surface area contributed by atoms with Crippen LogP contribution in [0.1, 0.15) is 12.0 Å². The molecule has 3 aromatic rings. The molecule has 0 bridgehead atoms. The van der Waals surface area contributed by atoms with E-state index in [2.05, 4.69) is 49.7 Å². The molecule has 1 atom stereocenters. The zero-order chi connectivity index (χ0) is 17.2. The molecule has 1 N–H and O–H groups in total. The molecule has 2 aromatic heterocycles. The first-order valence-corrected chi connectivity index (χ1v) is 9.57. The van der Waals surface area contributed by atoms with E-state index in [1.54, 1.807) is 6.08 Å². The van der Waals surface area contributed by atoms with Gasteiger partial charge in [0, 0.05) is 17.0 Å². The third-order valence-corrected chi connectivity index (χ3v) is 4.93. The minimum absolute atomic E-state index is 0.426. The monoisotopic (exact) mass is 464 g/mol. The molecule has 1 aliphatic heterocycles. The fourth-order valence-corrected chi connectivity index (χ4v) is 3.39. The number of nitrogens with zero attached hydrogens (tertiary/aromatic N) is 3. The Balaban J connectivity index is 1.80. The van der Waals surface area contributed by atoms with Crippen LogP contribution in [0.5, 0.6) is 5.88 Å². The Morgan fingerprint density at radius 1 is 1.24 bits per heavy atom. The van der Waals surface area contributed by atoms with Crippen molar-refractivity contribution in [3.8, 4) is 17.1 Å². The second-order valence-corrected chi connectivity index (χ2v) is 7.23. The largest absolute Gasteiger partial charge is 0.449 e. The van der Waals surface area contributed by atoms with E-state index in [4.69, 9.17) is 9.15 Å². The Labute approximate surface area is 162 Å². The first-order chi connectivity index (χ1) is 12.2. The molecule has 8 heteroatoms. The number of hydrogen-bond donors (Lipinski definition) is 1. The Hall–Kier alpha value is -2.07. The summed E-state index contributed by atoms with van der Waals surface area (Å²) in [4.78, 5) is 4.53. The molecule has 6 nitrogen and oxygen atoms in total. The normalized spacial score (nSPS) is 15.3. The summed E-state index contributed by atoms with van der Waals surface area (Å²) in [6, 6.07) is 11.6. The molecule has 3 heterocycles. The van der Waals surface area contributed by atoms with Gasteiger partial charge in [-0.1, -0.05) is 36.0 Å². The molecule has 0 unspecified atom stereocenters. The summed E-state index contributed by atoms with van der Waals surface area (Å²) in [5, 5.41) is 12.4. The van der Waals surface area contributed by atoms with Crippen LogP contribution < -0.4 is 10.1 Å². The molecule has 0 spiro atoms. The summed E-state index contributed by atoms with van der Waals surface area (Å²) in [6.45, 7) is 3.71. The van der Waals surface area contributed by atoms with Crippen LogP contribution in [0.4, 0.5) is 5.69 Å². The van der Waals surface area contributed by atoms with E-state index in [-0.39, 0.29) is 0 Å². The third-order valence-electron chi connectivity index (χ3n) is 3.52. The van der Waals surface area contributed by atoms with E-state index in [1.807, 2.05) is 36.4 Å². The number of halogens is 1. The fourth-order valence-electron chi connectivity index (χ4n) is 2.44. The Morgan fingerprint density at radius 3 is 2.92 bits per heavy atom. The van der Waals surface area contributed by atoms with Crippen LogP contribution in [0.3, 0.4) is 0 Å². The Bertz CT molecular complexity index is 931. The van der Waals surface area contributed by atoms with Gasteiger partial charge in [-0.3, -0.25) is 0 Å². The van der Waals surface area contributed by atoms with Crippen molar-refractivity contribution in [2.45, 2.75) is 11.4 Å². The van der Waals surface area contributed by atoms with E-state index < -0.39 is 6.23 Å². The lowest BCUT2D eigenvalue weighted by Crippen LogP contribution is -2.16. The van der Waals surface area contributed by atoms with Gasteiger partial charge in [-0.2, -0.15) is 4.98 Å². The number of furan rings is 1. The number of nitrogens with one attached hydrogen (secondary N) is 1. The molecular formula is C17H13IN4O2S. The molecule has 0 radical (unpaired) electrons. The molecule has 4 rings (SSSR count). The minimum atomic E-state index is -0.500. The molecule has 0 aliphatic carbocycles. The van der Waals surface area contributed by atoms with Crippen LogP contribution in [0, 0.1) is 3.77 Å². The van der Waals surface area contributed by atoms with Crippen molar-refractivity contribution < 1.29 is 9.15 Å². The van der Waals surface area contributed by atoms with Gasteiger partial charge in [-0.05, 0) is 40.8 Å². The summed E-state index contributed by atoms with van der Waals surface area (Å²) >= 11 is 3.58. The highest BCUT2D eigenvalue weighted by Crippen LogP contribution is 2.39. The predicted molar refractivity (Wildman–Crippen MR) is 105 cm³/mol. The van der Waals surface area contributed by atoms with Crippen LogP contribution in [-0.4, -0.2) is 20.9 Å². The van der Waals surface area contributed by atoms with E-state index in [9.17, 15) is 0 Å². The van der Waals surface area contributed by atoms with Crippen LogP contribution in [-0.2, 0) is 0 Å². The SMILES string of the molecule is C=CCSc1nnc2c(n1)O[C@H](c1ccc(I)o1)Nc1ccccc1-2. The second kappa shape index (κ2) is 7.04. The number of aromatic nitrogens is 3. The molecule has 1 aromatic carbocycles. The van der Waals surface area contributed by atoms with E-state index in [0.717, 1.165) is 15.0 Å². The molecule has 0 saturated heterocycles. The number of fused-ring (bicyclic) bond motifs is 3. The van der Waals surface area contributed by atoms with Gasteiger partial charge in [0.25, 0.3) is 0 Å². The maximum absolute atomic E-state index is 6.10. The second-order valence-electron chi connectivity index (χ2n) is 5.18. The maximum atomic E-state index is 6.10. The molecule has 0 saturated carbocycles. The van der Waals surface area contributed by atoms with Gasteiger partial charge < -0.3 is 14.5 Å². The van der Waals surface area contributed by atoms with Gasteiger partial charge in [-0.25, -0.2) is 0 Å². The summed E-state index contributed by atoms with van der Waals surface area (Å²) < 4.78 is 12.6. The smallest absolute Gasteiger partial charge is 0.247 e. The van der Waals surface area contributed by atoms with Gasteiger partial charge in [0.1, 0.15) is 0 Å². The van der Waals surface area contributed by atoms with Gasteiger partial charge >= 0.3 is 0 Å². The van der Waals surface area contributed by atoms with Crippen molar-refractivity contribution in [2.24, 2.45) is 0 Å². The average Bonchev–Trinajstić information content (AvgIpc) is 2.99. The lowest BCUT2D eigenvalue weighted by atomic mass is 10.1. The van der Waals surface area contributed by atoms with Crippen LogP contribution in [0.2, 0.25) is 0 Å². The van der Waals surface area contributed by atoms with Crippen molar-refractivity contribution >= 4 is 40.0 Å². The standard InChI is InChI=1S/C17H13IN4O2S/c1-2-9-25-17-20-16-14(21-22-17)10-5-3-4-6-11(10)19-15(24-16)12-7-8-13(18)23-12/h2-8,15,19H,1,9H2/t15-/m1/s1. The first kappa shape index (κ1) is 16.4. The zero-order valence-electron chi connectivity index (χ0n) is 13.0. The molecular weight excluding hydrogens is 451 g/mol. The predicted octanol–water partition coefficient (Wildman–Crippen LogP) is 4.52. The molecule has 126 valence electrons. The van der Waals surface area contributed by atoms with Crippen molar-refractivity contribution in [1.29, 1.82) is 0 Å². The number of thioether (sulfide) groups is 1. The number of hydrogen-bond acceptors (Lipinski definition) is 7. The highest BCUT2D eigenvalue weighted by atomic mass is 127. The first-order valence-electron chi connectivity index (χ1n) is 7.51. The van der Waals surface area contributed by atoms with Gasteiger partial charge in [0.15, 0.2) is 15.2 Å². The van der Waals surface area contributed by atoms with E-state index in [0.29, 0.717) is 28.2 Å². The number of anilines is 1. The Morgan fingerprint density at radius 2 is 2.12 bits per heavy atom. The summed E-state index contributed by atoms with van der Waals surface area (Å²) in [5.41, 5.74) is 2.39. The highest BCUT2D eigenvalue weighted by molar-refractivity contribution is 14.1. The lowest BCUT2D eigenvalue weighted by molar-refractivity contribution is 0.193. The van der Waals surface area contributed by atoms with Gasteiger partial charge in [-0.15, -0.1) is 16.8 Å². The van der Waals surface area contributed by atoms with Crippen LogP contribution in [0.25, 0.3) is 11.3 Å². The van der Waals surface area contributed by atoms with Crippen molar-refractivity contribution in [3.63, 3.8) is 0 Å². The number of para-hydroxylation sites is 1. The lowest BCUT2D eigenvalue weighted by Gasteiger charge is -2.16. The third kappa shape index (κ3) is 3.36. The number of benzene rings is 1. The Kier molecular flexibility index (Phi) is 4.62. The van der Waals surface area contributed by atoms with Crippen LogP contribution in [0.15, 0.2) is 58.6 Å². The van der Waals surface area contributed by atoms with Gasteiger partial charge in [0.05, 0.1) is 0 Å². The van der Waals surface area contributed by atoms with E-state index in [1.165, 1.54) is 11.8 Å². The highest BCUT2D eigenvalue weighted by Gasteiger charge is 2.27. The minimum Gasteiger partial charge on any atom is -0.449 e. The fraction of sp³-hybridized carbons (Fsp3) is 0.118. The topological polar surface area (TPSA) is 73.1 Å². The molecule has 1 aliphatic rings. The summed E-state index contributed by atoms with van der Waals surface area (Å²) in [5.74, 6) is 1.80. The summed E-state index contributed by atoms with van der Waals surface area (Å²) in [7, 11) is 0. The molecule has 0 fully saturated rings. The quantitative estimate of drug-likeness (QED) is 0.346. The molecule has 25 heavy (non-hydrogen) atoms. The maximum Gasteiger partial charge on any atom is 0.247 e. The van der Waals surface area contributed by atoms with Crippen LogP contribution >= 0.6 is 34.4 Å². The van der Waals surface area contributed by atoms with Gasteiger partial charge in [0.2, 0.25) is 17.3 Å². The molecule has 0 amide bonds. The summed E-state index contributed by atoms with van der Waals surface area (Å²) in [6.07, 6.45) is 1.30. The van der Waals surface area contributed by atoms with Crippen molar-refractivity contribution in [1.82, 2.24) is 15.2 Å². The number of rotatable bonds is 4. The van der Waals surface area contributed by atoms with Crippen molar-refractivity contribution in [2.75, 3.05) is 11.1 Å². The van der Waals surface area contributed by atoms with Crippen molar-refractivity contribution in [3.05, 3.63) is 58.6 Å².